The Labute approximate surface area is 203 Å². The highest BCUT2D eigenvalue weighted by molar-refractivity contribution is 7.80. The van der Waals surface area contributed by atoms with Crippen LogP contribution in [0.5, 0.6) is 0 Å². The standard InChI is InChI=1S/C24H26ClN5O2S/c1-15(2)29-12-6-8-20(29)23-22(19-7-4-5-11-26-19)28-24(33)30(23)16-9-10-18(17(25)13-16)27-21(31)14-32-3/h4-13,15,22-23H,14H2,1-3H3,(H,27,31)(H,28,33)/t22-,23-/m1/s1. The van der Waals surface area contributed by atoms with Crippen LogP contribution in [0.1, 0.15) is 43.4 Å². The molecule has 172 valence electrons. The molecule has 1 aliphatic heterocycles. The summed E-state index contributed by atoms with van der Waals surface area (Å²) in [5, 5.41) is 7.22. The number of pyridine rings is 1. The minimum absolute atomic E-state index is 0.0434. The highest BCUT2D eigenvalue weighted by Crippen LogP contribution is 2.43. The van der Waals surface area contributed by atoms with Gasteiger partial charge in [0.25, 0.3) is 0 Å². The summed E-state index contributed by atoms with van der Waals surface area (Å²) in [6.45, 7) is 4.26. The number of aromatic nitrogens is 2. The summed E-state index contributed by atoms with van der Waals surface area (Å²) in [5.41, 5.74) is 3.35. The van der Waals surface area contributed by atoms with E-state index in [1.807, 2.05) is 36.4 Å². The van der Waals surface area contributed by atoms with Crippen molar-refractivity contribution >= 4 is 46.2 Å². The Bertz CT molecular complexity index is 1150. The van der Waals surface area contributed by atoms with Gasteiger partial charge in [0.15, 0.2) is 5.11 Å². The smallest absolute Gasteiger partial charge is 0.250 e. The molecule has 0 unspecified atom stereocenters. The Balaban J connectivity index is 1.76. The number of hydrogen-bond acceptors (Lipinski definition) is 4. The zero-order valence-corrected chi connectivity index (χ0v) is 20.2. The molecule has 1 saturated heterocycles. The summed E-state index contributed by atoms with van der Waals surface area (Å²) >= 11 is 12.3. The van der Waals surface area contributed by atoms with E-state index in [9.17, 15) is 4.79 Å². The quantitative estimate of drug-likeness (QED) is 0.467. The molecule has 3 heterocycles. The number of amides is 1. The lowest BCUT2D eigenvalue weighted by atomic mass is 10.0. The number of nitrogens with one attached hydrogen (secondary N) is 2. The molecule has 2 atom stereocenters. The van der Waals surface area contributed by atoms with Gasteiger partial charge in [-0.25, -0.2) is 0 Å². The molecule has 0 spiro atoms. The first kappa shape index (κ1) is 23.2. The number of carbonyl (C=O) groups excluding carboxylic acids is 1. The Morgan fingerprint density at radius 3 is 2.76 bits per heavy atom. The molecule has 7 nitrogen and oxygen atoms in total. The number of hydrogen-bond donors (Lipinski definition) is 2. The molecule has 0 radical (unpaired) electrons. The molecule has 2 aromatic heterocycles. The lowest BCUT2D eigenvalue weighted by Gasteiger charge is -2.30. The molecular weight excluding hydrogens is 458 g/mol. The lowest BCUT2D eigenvalue weighted by Crippen LogP contribution is -2.30. The Kier molecular flexibility index (Phi) is 6.97. The van der Waals surface area contributed by atoms with E-state index in [1.54, 1.807) is 12.3 Å². The average Bonchev–Trinajstić information content (AvgIpc) is 3.40. The molecule has 0 aliphatic carbocycles. The Morgan fingerprint density at radius 2 is 2.09 bits per heavy atom. The summed E-state index contributed by atoms with van der Waals surface area (Å²) in [5.74, 6) is -0.270. The molecule has 1 aliphatic rings. The van der Waals surface area contributed by atoms with Gasteiger partial charge in [0.2, 0.25) is 5.91 Å². The van der Waals surface area contributed by atoms with E-state index in [4.69, 9.17) is 28.6 Å². The highest BCUT2D eigenvalue weighted by atomic mass is 35.5. The maximum Gasteiger partial charge on any atom is 0.250 e. The van der Waals surface area contributed by atoms with Gasteiger partial charge in [0, 0.05) is 36.9 Å². The maximum absolute atomic E-state index is 11.9. The fraction of sp³-hybridized carbons (Fsp3) is 0.292. The van der Waals surface area contributed by atoms with Crippen molar-refractivity contribution in [1.29, 1.82) is 0 Å². The number of benzene rings is 1. The van der Waals surface area contributed by atoms with Crippen LogP contribution >= 0.6 is 23.8 Å². The summed E-state index contributed by atoms with van der Waals surface area (Å²) in [6, 6.07) is 15.5. The van der Waals surface area contributed by atoms with Crippen molar-refractivity contribution in [2.75, 3.05) is 23.9 Å². The summed E-state index contributed by atoms with van der Waals surface area (Å²) < 4.78 is 7.12. The monoisotopic (exact) mass is 483 g/mol. The zero-order valence-electron chi connectivity index (χ0n) is 18.7. The van der Waals surface area contributed by atoms with Crippen molar-refractivity contribution in [2.24, 2.45) is 0 Å². The molecule has 3 aromatic rings. The third-order valence-electron chi connectivity index (χ3n) is 5.55. The van der Waals surface area contributed by atoms with Gasteiger partial charge in [-0.05, 0) is 68.5 Å². The predicted molar refractivity (Wildman–Crippen MR) is 135 cm³/mol. The molecule has 33 heavy (non-hydrogen) atoms. The fourth-order valence-corrected chi connectivity index (χ4v) is 4.70. The first-order chi connectivity index (χ1) is 15.9. The van der Waals surface area contributed by atoms with Crippen LogP contribution in [0.15, 0.2) is 60.9 Å². The molecule has 9 heteroatoms. The lowest BCUT2D eigenvalue weighted by molar-refractivity contribution is -0.119. The summed E-state index contributed by atoms with van der Waals surface area (Å²) in [7, 11) is 1.47. The molecule has 0 bridgehead atoms. The van der Waals surface area contributed by atoms with Crippen molar-refractivity contribution in [3.05, 3.63) is 77.3 Å². The van der Waals surface area contributed by atoms with Crippen LogP contribution in [0, 0.1) is 0 Å². The molecule has 4 rings (SSSR count). The third kappa shape index (κ3) is 4.73. The van der Waals surface area contributed by atoms with Crippen molar-refractivity contribution in [2.45, 2.75) is 32.0 Å². The number of rotatable bonds is 7. The first-order valence-electron chi connectivity index (χ1n) is 10.7. The van der Waals surface area contributed by atoms with E-state index >= 15 is 0 Å². The number of thiocarbonyl (C=S) groups is 1. The first-order valence-corrected chi connectivity index (χ1v) is 11.4. The van der Waals surface area contributed by atoms with Crippen LogP contribution in [-0.4, -0.2) is 34.3 Å². The number of anilines is 2. The van der Waals surface area contributed by atoms with Gasteiger partial charge in [-0.1, -0.05) is 17.7 Å². The van der Waals surface area contributed by atoms with Crippen LogP contribution in [-0.2, 0) is 9.53 Å². The van der Waals surface area contributed by atoms with Crippen LogP contribution in [0.2, 0.25) is 5.02 Å². The Hall–Kier alpha value is -2.94. The van der Waals surface area contributed by atoms with E-state index in [0.717, 1.165) is 17.1 Å². The second-order valence-corrected chi connectivity index (χ2v) is 8.87. The van der Waals surface area contributed by atoms with Crippen molar-refractivity contribution in [3.63, 3.8) is 0 Å². The molecule has 2 N–H and O–H groups in total. The number of carbonyl (C=O) groups is 1. The predicted octanol–water partition coefficient (Wildman–Crippen LogP) is 4.88. The molecule has 1 fully saturated rings. The van der Waals surface area contributed by atoms with E-state index in [-0.39, 0.29) is 30.6 Å². The van der Waals surface area contributed by atoms with Gasteiger partial charge in [-0.15, -0.1) is 0 Å². The van der Waals surface area contributed by atoms with E-state index in [1.165, 1.54) is 7.11 Å². The van der Waals surface area contributed by atoms with Crippen LogP contribution in [0.3, 0.4) is 0 Å². The molecule has 1 aromatic carbocycles. The van der Waals surface area contributed by atoms with Crippen molar-refractivity contribution in [3.8, 4) is 0 Å². The van der Waals surface area contributed by atoms with Gasteiger partial charge < -0.3 is 24.8 Å². The largest absolute Gasteiger partial charge is 0.375 e. The van der Waals surface area contributed by atoms with Gasteiger partial charge in [-0.3, -0.25) is 9.78 Å². The number of halogens is 1. The highest BCUT2D eigenvalue weighted by Gasteiger charge is 2.42. The van der Waals surface area contributed by atoms with Gasteiger partial charge in [-0.2, -0.15) is 0 Å². The minimum Gasteiger partial charge on any atom is -0.375 e. The maximum atomic E-state index is 11.9. The topological polar surface area (TPSA) is 71.4 Å². The normalized spacial score (nSPS) is 18.0. The summed E-state index contributed by atoms with van der Waals surface area (Å²) in [4.78, 5) is 18.6. The second kappa shape index (κ2) is 9.91. The second-order valence-electron chi connectivity index (χ2n) is 8.08. The van der Waals surface area contributed by atoms with Crippen LogP contribution in [0.25, 0.3) is 0 Å². The summed E-state index contributed by atoms with van der Waals surface area (Å²) in [6.07, 6.45) is 3.87. The molecule has 1 amide bonds. The molecule has 0 saturated carbocycles. The van der Waals surface area contributed by atoms with E-state index in [2.05, 4.69) is 51.2 Å². The zero-order chi connectivity index (χ0) is 23.5. The van der Waals surface area contributed by atoms with Gasteiger partial charge >= 0.3 is 0 Å². The number of ether oxygens (including phenoxy) is 1. The number of methoxy groups -OCH3 is 1. The van der Waals surface area contributed by atoms with E-state index in [0.29, 0.717) is 15.8 Å². The van der Waals surface area contributed by atoms with Crippen molar-refractivity contribution in [1.82, 2.24) is 14.9 Å². The van der Waals surface area contributed by atoms with Gasteiger partial charge in [0.05, 0.1) is 22.4 Å². The SMILES string of the molecule is COCC(=O)Nc1ccc(N2C(=S)N[C@H](c3ccccn3)[C@H]2c2cccn2C(C)C)cc1Cl. The molecular formula is C24H26ClN5O2S. The number of nitrogens with zero attached hydrogens (tertiary/aromatic N) is 3. The van der Waals surface area contributed by atoms with E-state index < -0.39 is 0 Å². The Morgan fingerprint density at radius 1 is 1.27 bits per heavy atom. The average molecular weight is 484 g/mol. The fourth-order valence-electron chi connectivity index (χ4n) is 4.13. The minimum atomic E-state index is -0.270. The van der Waals surface area contributed by atoms with Gasteiger partial charge in [0.1, 0.15) is 12.6 Å². The van der Waals surface area contributed by atoms with Crippen LogP contribution in [0.4, 0.5) is 11.4 Å². The van der Waals surface area contributed by atoms with Crippen LogP contribution < -0.4 is 15.5 Å². The third-order valence-corrected chi connectivity index (χ3v) is 6.18. The van der Waals surface area contributed by atoms with Crippen molar-refractivity contribution < 1.29 is 9.53 Å².